The van der Waals surface area contributed by atoms with Gasteiger partial charge in [0.1, 0.15) is 12.4 Å². The molecule has 0 spiro atoms. The summed E-state index contributed by atoms with van der Waals surface area (Å²) in [6.07, 6.45) is 2.97. The van der Waals surface area contributed by atoms with E-state index >= 15 is 0 Å². The van der Waals surface area contributed by atoms with E-state index in [4.69, 9.17) is 4.74 Å². The number of benzene rings is 1. The van der Waals surface area contributed by atoms with Crippen molar-refractivity contribution in [1.29, 1.82) is 0 Å². The van der Waals surface area contributed by atoms with Crippen molar-refractivity contribution in [2.75, 3.05) is 39.3 Å². The largest absolute Gasteiger partial charge is 0.492 e. The highest BCUT2D eigenvalue weighted by atomic mass is 16.5. The molecule has 1 saturated heterocycles. The molecular formula is C19H25N3O3. The molecule has 0 radical (unpaired) electrons. The lowest BCUT2D eigenvalue weighted by molar-refractivity contribution is -0.138. The molecule has 3 aliphatic rings. The number of para-hydroxylation sites is 1. The zero-order valence-corrected chi connectivity index (χ0v) is 14.4. The van der Waals surface area contributed by atoms with Crippen molar-refractivity contribution in [2.24, 2.45) is 5.92 Å². The highest BCUT2D eigenvalue weighted by Gasteiger charge is 2.32. The molecule has 1 aliphatic carbocycles. The van der Waals surface area contributed by atoms with Crippen LogP contribution in [0.1, 0.15) is 18.4 Å². The number of rotatable bonds is 4. The summed E-state index contributed by atoms with van der Waals surface area (Å²) in [5.74, 6) is 1.09. The van der Waals surface area contributed by atoms with Gasteiger partial charge in [0.05, 0.1) is 12.5 Å². The van der Waals surface area contributed by atoms with E-state index in [0.717, 1.165) is 43.7 Å². The number of carbonyl (C=O) groups excluding carboxylic acids is 2. The number of amides is 2. The maximum atomic E-state index is 12.8. The molecule has 1 saturated carbocycles. The second-order valence-electron chi connectivity index (χ2n) is 7.26. The third-order valence-electron chi connectivity index (χ3n) is 5.22. The second-order valence-corrected chi connectivity index (χ2v) is 7.26. The van der Waals surface area contributed by atoms with Crippen LogP contribution in [-0.4, -0.2) is 67.0 Å². The predicted octanol–water partition coefficient (Wildman–Crippen LogP) is 0.661. The molecule has 6 nitrogen and oxygen atoms in total. The summed E-state index contributed by atoms with van der Waals surface area (Å²) in [5.41, 5.74) is 1.11. The highest BCUT2D eigenvalue weighted by molar-refractivity contribution is 5.80. The Hall–Kier alpha value is -2.08. The fraction of sp³-hybridized carbons (Fsp3) is 0.579. The molecule has 2 aliphatic heterocycles. The van der Waals surface area contributed by atoms with Crippen molar-refractivity contribution in [3.63, 3.8) is 0 Å². The van der Waals surface area contributed by atoms with Crippen molar-refractivity contribution >= 4 is 11.8 Å². The summed E-state index contributed by atoms with van der Waals surface area (Å²) in [6, 6.07) is 8.34. The van der Waals surface area contributed by atoms with Crippen molar-refractivity contribution in [3.8, 4) is 5.75 Å². The summed E-state index contributed by atoms with van der Waals surface area (Å²) < 4.78 is 5.75. The van der Waals surface area contributed by atoms with Gasteiger partial charge in [0, 0.05) is 32.2 Å². The summed E-state index contributed by atoms with van der Waals surface area (Å²) in [4.78, 5) is 28.7. The van der Waals surface area contributed by atoms with Gasteiger partial charge in [0.15, 0.2) is 0 Å². The number of nitrogens with zero attached hydrogens (tertiary/aromatic N) is 2. The quantitative estimate of drug-likeness (QED) is 0.872. The molecule has 1 aromatic carbocycles. The predicted molar refractivity (Wildman–Crippen MR) is 93.3 cm³/mol. The minimum Gasteiger partial charge on any atom is -0.492 e. The van der Waals surface area contributed by atoms with Gasteiger partial charge in [-0.05, 0) is 30.9 Å². The molecular weight excluding hydrogens is 318 g/mol. The molecule has 1 N–H and O–H groups in total. The van der Waals surface area contributed by atoms with Crippen LogP contribution in [0, 0.1) is 5.92 Å². The third kappa shape index (κ3) is 3.95. The summed E-state index contributed by atoms with van der Waals surface area (Å²) in [5, 5.41) is 3.02. The number of nitrogens with one attached hydrogen (secondary N) is 1. The van der Waals surface area contributed by atoms with E-state index in [0.29, 0.717) is 32.3 Å². The molecule has 0 aromatic heterocycles. The normalized spacial score (nSPS) is 23.5. The molecule has 134 valence electrons. The van der Waals surface area contributed by atoms with Crippen LogP contribution in [0.4, 0.5) is 0 Å². The first-order chi connectivity index (χ1) is 12.2. The Morgan fingerprint density at radius 2 is 1.88 bits per heavy atom. The molecule has 2 heterocycles. The highest BCUT2D eigenvalue weighted by Crippen LogP contribution is 2.28. The molecule has 2 amide bonds. The van der Waals surface area contributed by atoms with Crippen LogP contribution in [0.5, 0.6) is 5.75 Å². The SMILES string of the molecule is O=C(CN1CCN(C(=O)[C@H]2COc3ccccc3C2)CC1)NC1CC1. The van der Waals surface area contributed by atoms with Crippen LogP contribution in [0.15, 0.2) is 24.3 Å². The number of fused-ring (bicyclic) bond motifs is 1. The lowest BCUT2D eigenvalue weighted by atomic mass is 9.95. The number of ether oxygens (including phenoxy) is 1. The molecule has 6 heteroatoms. The number of hydrogen-bond acceptors (Lipinski definition) is 4. The van der Waals surface area contributed by atoms with E-state index in [1.807, 2.05) is 29.2 Å². The topological polar surface area (TPSA) is 61.9 Å². The molecule has 0 bridgehead atoms. The van der Waals surface area contributed by atoms with Crippen LogP contribution >= 0.6 is 0 Å². The molecule has 1 aromatic rings. The molecule has 25 heavy (non-hydrogen) atoms. The zero-order valence-electron chi connectivity index (χ0n) is 14.4. The van der Waals surface area contributed by atoms with Gasteiger partial charge >= 0.3 is 0 Å². The Balaban J connectivity index is 1.26. The minimum atomic E-state index is -0.0976. The van der Waals surface area contributed by atoms with Crippen molar-refractivity contribution in [2.45, 2.75) is 25.3 Å². The van der Waals surface area contributed by atoms with Gasteiger partial charge < -0.3 is 15.0 Å². The Kier molecular flexibility index (Phi) is 4.61. The van der Waals surface area contributed by atoms with E-state index < -0.39 is 0 Å². The van der Waals surface area contributed by atoms with Gasteiger partial charge in [-0.25, -0.2) is 0 Å². The third-order valence-corrected chi connectivity index (χ3v) is 5.22. The zero-order chi connectivity index (χ0) is 17.2. The summed E-state index contributed by atoms with van der Waals surface area (Å²) >= 11 is 0. The van der Waals surface area contributed by atoms with Crippen LogP contribution < -0.4 is 10.1 Å². The first kappa shape index (κ1) is 16.4. The Morgan fingerprint density at radius 1 is 1.12 bits per heavy atom. The second kappa shape index (κ2) is 7.04. The summed E-state index contributed by atoms with van der Waals surface area (Å²) in [7, 11) is 0. The van der Waals surface area contributed by atoms with Gasteiger partial charge in [-0.2, -0.15) is 0 Å². The van der Waals surface area contributed by atoms with E-state index in [1.54, 1.807) is 0 Å². The van der Waals surface area contributed by atoms with Gasteiger partial charge in [0.2, 0.25) is 11.8 Å². The van der Waals surface area contributed by atoms with Crippen LogP contribution in [0.25, 0.3) is 0 Å². The van der Waals surface area contributed by atoms with Crippen molar-refractivity contribution < 1.29 is 14.3 Å². The van der Waals surface area contributed by atoms with Gasteiger partial charge in [-0.1, -0.05) is 18.2 Å². The van der Waals surface area contributed by atoms with Crippen molar-refractivity contribution in [1.82, 2.24) is 15.1 Å². The smallest absolute Gasteiger partial charge is 0.234 e. The minimum absolute atomic E-state index is 0.0976. The Morgan fingerprint density at radius 3 is 2.64 bits per heavy atom. The summed E-state index contributed by atoms with van der Waals surface area (Å²) in [6.45, 7) is 3.79. The monoisotopic (exact) mass is 343 g/mol. The lowest BCUT2D eigenvalue weighted by Crippen LogP contribution is -2.53. The number of hydrogen-bond donors (Lipinski definition) is 1. The molecule has 1 atom stereocenters. The van der Waals surface area contributed by atoms with E-state index in [-0.39, 0.29) is 17.7 Å². The fourth-order valence-electron chi connectivity index (χ4n) is 3.58. The van der Waals surface area contributed by atoms with E-state index in [2.05, 4.69) is 10.2 Å². The molecule has 4 rings (SSSR count). The lowest BCUT2D eigenvalue weighted by Gasteiger charge is -2.37. The first-order valence-corrected chi connectivity index (χ1v) is 9.20. The Labute approximate surface area is 148 Å². The van der Waals surface area contributed by atoms with Crippen LogP contribution in [0.3, 0.4) is 0 Å². The number of piperazine rings is 1. The molecule has 2 fully saturated rings. The van der Waals surface area contributed by atoms with Crippen LogP contribution in [-0.2, 0) is 16.0 Å². The molecule has 0 unspecified atom stereocenters. The van der Waals surface area contributed by atoms with Gasteiger partial charge in [0.25, 0.3) is 0 Å². The average Bonchev–Trinajstić information content (AvgIpc) is 3.45. The first-order valence-electron chi connectivity index (χ1n) is 9.20. The van der Waals surface area contributed by atoms with Gasteiger partial charge in [-0.15, -0.1) is 0 Å². The van der Waals surface area contributed by atoms with E-state index in [9.17, 15) is 9.59 Å². The standard InChI is InChI=1S/C19H25N3O3/c23-18(20-16-5-6-16)12-21-7-9-22(10-8-21)19(24)15-11-14-3-1-2-4-17(14)25-13-15/h1-4,15-16H,5-13H2,(H,20,23)/t15-/m1/s1. The number of carbonyl (C=O) groups is 2. The Bertz CT molecular complexity index is 651. The van der Waals surface area contributed by atoms with Gasteiger partial charge in [-0.3, -0.25) is 14.5 Å². The van der Waals surface area contributed by atoms with Crippen LogP contribution in [0.2, 0.25) is 0 Å². The van der Waals surface area contributed by atoms with Crippen molar-refractivity contribution in [3.05, 3.63) is 29.8 Å². The fourth-order valence-corrected chi connectivity index (χ4v) is 3.58. The maximum Gasteiger partial charge on any atom is 0.234 e. The average molecular weight is 343 g/mol. The maximum absolute atomic E-state index is 12.8. The van der Waals surface area contributed by atoms with E-state index in [1.165, 1.54) is 0 Å².